The van der Waals surface area contributed by atoms with Crippen molar-refractivity contribution in [1.29, 1.82) is 0 Å². The highest BCUT2D eigenvalue weighted by molar-refractivity contribution is 7.99. The number of rotatable bonds is 6. The molecule has 0 fully saturated rings. The van der Waals surface area contributed by atoms with Gasteiger partial charge < -0.3 is 5.32 Å². The second-order valence-corrected chi connectivity index (χ2v) is 8.45. The molecule has 8 nitrogen and oxygen atoms in total. The van der Waals surface area contributed by atoms with Crippen LogP contribution in [0.15, 0.2) is 76.7 Å². The summed E-state index contributed by atoms with van der Waals surface area (Å²) in [6.45, 7) is 1.89. The summed E-state index contributed by atoms with van der Waals surface area (Å²) in [5, 5.41) is 14.5. The van der Waals surface area contributed by atoms with E-state index in [1.807, 2.05) is 31.2 Å². The first-order valence-electron chi connectivity index (χ1n) is 9.79. The van der Waals surface area contributed by atoms with Crippen LogP contribution in [0.2, 0.25) is 5.02 Å². The lowest BCUT2D eigenvalue weighted by atomic mass is 10.2. The van der Waals surface area contributed by atoms with Crippen LogP contribution in [0, 0.1) is 17.0 Å². The van der Waals surface area contributed by atoms with Gasteiger partial charge in [0.15, 0.2) is 5.16 Å². The Morgan fingerprint density at radius 2 is 1.88 bits per heavy atom. The number of carbonyl (C=O) groups is 1. The van der Waals surface area contributed by atoms with Crippen molar-refractivity contribution in [2.75, 3.05) is 11.1 Å². The molecule has 1 N–H and O–H groups in total. The molecule has 0 spiro atoms. The van der Waals surface area contributed by atoms with E-state index in [9.17, 15) is 19.7 Å². The van der Waals surface area contributed by atoms with Crippen LogP contribution in [0.25, 0.3) is 16.6 Å². The molecule has 0 bridgehead atoms. The van der Waals surface area contributed by atoms with Gasteiger partial charge in [0.05, 0.1) is 27.3 Å². The Morgan fingerprint density at radius 1 is 1.15 bits per heavy atom. The van der Waals surface area contributed by atoms with E-state index >= 15 is 0 Å². The average molecular weight is 481 g/mol. The molecular formula is C23H17ClN4O4S. The minimum atomic E-state index is -0.618. The molecule has 4 rings (SSSR count). The van der Waals surface area contributed by atoms with Gasteiger partial charge in [-0.2, -0.15) is 0 Å². The highest BCUT2D eigenvalue weighted by Gasteiger charge is 2.17. The summed E-state index contributed by atoms with van der Waals surface area (Å²) in [5.74, 6) is -0.469. The number of para-hydroxylation sites is 2. The first-order valence-corrected chi connectivity index (χ1v) is 11.2. The Kier molecular flexibility index (Phi) is 6.43. The van der Waals surface area contributed by atoms with Crippen molar-refractivity contribution in [1.82, 2.24) is 9.55 Å². The number of nitro groups is 1. The number of nitro benzene ring substituents is 1. The summed E-state index contributed by atoms with van der Waals surface area (Å²) < 4.78 is 1.50. The van der Waals surface area contributed by atoms with Crippen LogP contribution in [0.3, 0.4) is 0 Å². The predicted octanol–water partition coefficient (Wildman–Crippen LogP) is 4.99. The van der Waals surface area contributed by atoms with Gasteiger partial charge in [0.1, 0.15) is 5.02 Å². The SMILES string of the molecule is Cc1ccccc1-n1c(SCC(=O)Nc2ccc(Cl)c([N+](=O)[O-])c2)nc2ccccc2c1=O. The number of aryl methyl sites for hydroxylation is 1. The summed E-state index contributed by atoms with van der Waals surface area (Å²) in [5.41, 5.74) is 1.81. The first-order chi connectivity index (χ1) is 15.8. The maximum Gasteiger partial charge on any atom is 0.289 e. The number of halogens is 1. The minimum absolute atomic E-state index is 0.0185. The molecule has 0 aliphatic heterocycles. The largest absolute Gasteiger partial charge is 0.325 e. The summed E-state index contributed by atoms with van der Waals surface area (Å²) in [4.78, 5) is 40.9. The third-order valence-electron chi connectivity index (χ3n) is 4.86. The van der Waals surface area contributed by atoms with Crippen LogP contribution in [-0.2, 0) is 4.79 Å². The Balaban J connectivity index is 1.65. The van der Waals surface area contributed by atoms with Crippen LogP contribution in [0.5, 0.6) is 0 Å². The third kappa shape index (κ3) is 4.74. The molecule has 33 heavy (non-hydrogen) atoms. The molecule has 0 unspecified atom stereocenters. The van der Waals surface area contributed by atoms with E-state index in [0.29, 0.717) is 21.7 Å². The number of anilines is 1. The normalized spacial score (nSPS) is 10.8. The Bertz CT molecular complexity index is 1450. The predicted molar refractivity (Wildman–Crippen MR) is 130 cm³/mol. The summed E-state index contributed by atoms with van der Waals surface area (Å²) in [6.07, 6.45) is 0. The number of hydrogen-bond acceptors (Lipinski definition) is 6. The van der Waals surface area contributed by atoms with Crippen LogP contribution in [0.4, 0.5) is 11.4 Å². The number of nitrogens with zero attached hydrogens (tertiary/aromatic N) is 3. The van der Waals surface area contributed by atoms with Crippen LogP contribution >= 0.6 is 23.4 Å². The van der Waals surface area contributed by atoms with Gasteiger partial charge >= 0.3 is 0 Å². The van der Waals surface area contributed by atoms with Gasteiger partial charge in [0.2, 0.25) is 5.91 Å². The third-order valence-corrected chi connectivity index (χ3v) is 6.12. The monoisotopic (exact) mass is 480 g/mol. The molecule has 0 saturated carbocycles. The highest BCUT2D eigenvalue weighted by Crippen LogP contribution is 2.28. The lowest BCUT2D eigenvalue weighted by Gasteiger charge is -2.15. The maximum atomic E-state index is 13.3. The average Bonchev–Trinajstić information content (AvgIpc) is 2.80. The van der Waals surface area contributed by atoms with E-state index in [0.717, 1.165) is 17.3 Å². The zero-order valence-electron chi connectivity index (χ0n) is 17.3. The number of aromatic nitrogens is 2. The molecule has 166 valence electrons. The molecule has 1 aromatic heterocycles. The van der Waals surface area contributed by atoms with Crippen LogP contribution in [0.1, 0.15) is 5.56 Å². The summed E-state index contributed by atoms with van der Waals surface area (Å²) >= 11 is 6.92. The number of thioether (sulfide) groups is 1. The van der Waals surface area contributed by atoms with E-state index in [2.05, 4.69) is 10.3 Å². The van der Waals surface area contributed by atoms with Gasteiger partial charge in [-0.25, -0.2) is 4.98 Å². The first kappa shape index (κ1) is 22.5. The molecule has 0 saturated heterocycles. The number of hydrogen-bond donors (Lipinski definition) is 1. The number of fused-ring (bicyclic) bond motifs is 1. The lowest BCUT2D eigenvalue weighted by Crippen LogP contribution is -2.23. The molecule has 10 heteroatoms. The van der Waals surface area contributed by atoms with Crippen LogP contribution < -0.4 is 10.9 Å². The topological polar surface area (TPSA) is 107 Å². The Hall–Kier alpha value is -3.69. The van der Waals surface area contributed by atoms with E-state index < -0.39 is 10.8 Å². The van der Waals surface area contributed by atoms with E-state index in [4.69, 9.17) is 11.6 Å². The van der Waals surface area contributed by atoms with Gasteiger partial charge in [-0.1, -0.05) is 53.7 Å². The van der Waals surface area contributed by atoms with Gasteiger partial charge in [-0.15, -0.1) is 0 Å². The zero-order chi connectivity index (χ0) is 23.5. The number of carbonyl (C=O) groups excluding carboxylic acids is 1. The molecular weight excluding hydrogens is 464 g/mol. The molecule has 0 aliphatic carbocycles. The van der Waals surface area contributed by atoms with Crippen LogP contribution in [-0.4, -0.2) is 26.1 Å². The summed E-state index contributed by atoms with van der Waals surface area (Å²) in [6, 6.07) is 18.5. The zero-order valence-corrected chi connectivity index (χ0v) is 18.9. The molecule has 0 atom stereocenters. The van der Waals surface area contributed by atoms with Crippen molar-refractivity contribution in [3.8, 4) is 5.69 Å². The van der Waals surface area contributed by atoms with Gasteiger partial charge in [0.25, 0.3) is 11.2 Å². The fourth-order valence-corrected chi connectivity index (χ4v) is 4.29. The number of amides is 1. The van der Waals surface area contributed by atoms with E-state index in [1.165, 1.54) is 22.8 Å². The second-order valence-electron chi connectivity index (χ2n) is 7.10. The molecule has 0 aliphatic rings. The van der Waals surface area contributed by atoms with Crippen molar-refractivity contribution in [2.45, 2.75) is 12.1 Å². The molecule has 3 aromatic carbocycles. The van der Waals surface area contributed by atoms with Crippen molar-refractivity contribution >= 4 is 51.5 Å². The quantitative estimate of drug-likeness (QED) is 0.180. The Morgan fingerprint density at radius 3 is 2.64 bits per heavy atom. The van der Waals surface area contributed by atoms with Gasteiger partial charge in [-0.3, -0.25) is 24.3 Å². The smallest absolute Gasteiger partial charge is 0.289 e. The fraction of sp³-hybridized carbons (Fsp3) is 0.0870. The molecule has 0 radical (unpaired) electrons. The molecule has 4 aromatic rings. The molecule has 1 amide bonds. The minimum Gasteiger partial charge on any atom is -0.325 e. The Labute approximate surface area is 197 Å². The summed E-state index contributed by atoms with van der Waals surface area (Å²) in [7, 11) is 0. The highest BCUT2D eigenvalue weighted by atomic mass is 35.5. The van der Waals surface area contributed by atoms with Crippen molar-refractivity contribution in [2.24, 2.45) is 0 Å². The number of benzene rings is 3. The van der Waals surface area contributed by atoms with Gasteiger partial charge in [-0.05, 0) is 42.8 Å². The fourth-order valence-electron chi connectivity index (χ4n) is 3.29. The maximum absolute atomic E-state index is 13.3. The standard InChI is InChI=1S/C23H17ClN4O4S/c1-14-6-2-5-9-19(14)27-22(30)16-7-3-4-8-18(16)26-23(27)33-13-21(29)25-15-10-11-17(24)20(12-15)28(31)32/h2-12H,13H2,1H3,(H,25,29). The molecule has 1 heterocycles. The van der Waals surface area contributed by atoms with E-state index in [-0.39, 0.29) is 27.7 Å². The van der Waals surface area contributed by atoms with Gasteiger partial charge in [0, 0.05) is 11.8 Å². The van der Waals surface area contributed by atoms with Crippen molar-refractivity contribution in [3.05, 3.63) is 97.8 Å². The van der Waals surface area contributed by atoms with Crippen molar-refractivity contribution in [3.63, 3.8) is 0 Å². The van der Waals surface area contributed by atoms with Crippen molar-refractivity contribution < 1.29 is 9.72 Å². The lowest BCUT2D eigenvalue weighted by molar-refractivity contribution is -0.384. The van der Waals surface area contributed by atoms with E-state index in [1.54, 1.807) is 24.3 Å². The number of nitrogens with one attached hydrogen (secondary N) is 1. The second kappa shape index (κ2) is 9.43.